The van der Waals surface area contributed by atoms with Gasteiger partial charge in [-0.05, 0) is 12.3 Å². The van der Waals surface area contributed by atoms with Gasteiger partial charge in [0.2, 0.25) is 5.91 Å². The zero-order valence-corrected chi connectivity index (χ0v) is 13.4. The van der Waals surface area contributed by atoms with Gasteiger partial charge in [0.1, 0.15) is 18.8 Å². The van der Waals surface area contributed by atoms with Crippen LogP contribution in [0.5, 0.6) is 0 Å². The standard InChI is InChI=1S/C15H23N5O2/c1-4-13(21)20-6-5-10(2)12(7-20)19(3)15-11-8-22-18-14(11)16-9-17-15/h9-10,12H,4-8H2,1-3H3,(H,16,17,18)/t10-,12+/m1/s1. The van der Waals surface area contributed by atoms with Crippen molar-refractivity contribution in [3.05, 3.63) is 11.9 Å². The zero-order valence-electron chi connectivity index (χ0n) is 13.4. The predicted octanol–water partition coefficient (Wildman–Crippen LogP) is 1.42. The molecule has 1 amide bonds. The van der Waals surface area contributed by atoms with E-state index in [2.05, 4.69) is 27.3 Å². The number of likely N-dealkylation sites (tertiary alicyclic amines) is 1. The van der Waals surface area contributed by atoms with Gasteiger partial charge in [-0.25, -0.2) is 15.4 Å². The molecule has 22 heavy (non-hydrogen) atoms. The van der Waals surface area contributed by atoms with E-state index in [-0.39, 0.29) is 11.9 Å². The van der Waals surface area contributed by atoms with Gasteiger partial charge in [0.25, 0.3) is 0 Å². The maximum absolute atomic E-state index is 12.0. The van der Waals surface area contributed by atoms with Crippen LogP contribution in [0.25, 0.3) is 0 Å². The van der Waals surface area contributed by atoms with Crippen LogP contribution in [-0.2, 0) is 16.2 Å². The lowest BCUT2D eigenvalue weighted by molar-refractivity contribution is -0.132. The van der Waals surface area contributed by atoms with Gasteiger partial charge in [0.05, 0.1) is 11.6 Å². The van der Waals surface area contributed by atoms with E-state index in [0.717, 1.165) is 36.7 Å². The number of piperidine rings is 1. The first kappa shape index (κ1) is 15.0. The lowest BCUT2D eigenvalue weighted by Gasteiger charge is -2.42. The van der Waals surface area contributed by atoms with Gasteiger partial charge < -0.3 is 9.80 Å². The third-order valence-corrected chi connectivity index (χ3v) is 4.71. The Morgan fingerprint density at radius 1 is 1.55 bits per heavy atom. The number of amides is 1. The lowest BCUT2D eigenvalue weighted by Crippen LogP contribution is -2.52. The van der Waals surface area contributed by atoms with Crippen molar-refractivity contribution in [3.8, 4) is 0 Å². The molecule has 1 aromatic heterocycles. The minimum Gasteiger partial charge on any atom is -0.354 e. The summed E-state index contributed by atoms with van der Waals surface area (Å²) in [4.78, 5) is 30.0. The first-order valence-corrected chi connectivity index (χ1v) is 7.84. The minimum atomic E-state index is 0.225. The number of hydrogen-bond acceptors (Lipinski definition) is 6. The van der Waals surface area contributed by atoms with Crippen molar-refractivity contribution >= 4 is 17.5 Å². The molecule has 2 atom stereocenters. The molecule has 2 aliphatic heterocycles. The van der Waals surface area contributed by atoms with Crippen molar-refractivity contribution in [1.82, 2.24) is 14.9 Å². The Hall–Kier alpha value is -1.89. The van der Waals surface area contributed by atoms with Crippen molar-refractivity contribution in [2.45, 2.75) is 39.3 Å². The predicted molar refractivity (Wildman–Crippen MR) is 83.3 cm³/mol. The van der Waals surface area contributed by atoms with E-state index in [1.807, 2.05) is 18.9 Å². The summed E-state index contributed by atoms with van der Waals surface area (Å²) in [6.07, 6.45) is 3.13. The molecule has 120 valence electrons. The van der Waals surface area contributed by atoms with Crippen LogP contribution < -0.4 is 10.4 Å². The average Bonchev–Trinajstić information content (AvgIpc) is 3.02. The summed E-state index contributed by atoms with van der Waals surface area (Å²) in [7, 11) is 2.04. The molecule has 7 nitrogen and oxygen atoms in total. The summed E-state index contributed by atoms with van der Waals surface area (Å²) in [5, 5.41) is 0. The highest BCUT2D eigenvalue weighted by Gasteiger charge is 2.33. The molecule has 1 saturated heterocycles. The number of anilines is 2. The number of rotatable bonds is 3. The molecule has 7 heteroatoms. The van der Waals surface area contributed by atoms with Gasteiger partial charge in [-0.2, -0.15) is 0 Å². The Kier molecular flexibility index (Phi) is 4.15. The van der Waals surface area contributed by atoms with Crippen LogP contribution in [0, 0.1) is 5.92 Å². The van der Waals surface area contributed by atoms with E-state index < -0.39 is 0 Å². The van der Waals surface area contributed by atoms with Gasteiger partial charge in [-0.15, -0.1) is 0 Å². The normalized spacial score (nSPS) is 23.9. The van der Waals surface area contributed by atoms with Crippen LogP contribution >= 0.6 is 0 Å². The number of nitrogens with zero attached hydrogens (tertiary/aromatic N) is 4. The Labute approximate surface area is 130 Å². The highest BCUT2D eigenvalue weighted by molar-refractivity contribution is 5.76. The molecule has 0 radical (unpaired) electrons. The molecule has 0 unspecified atom stereocenters. The zero-order chi connectivity index (χ0) is 15.7. The fourth-order valence-electron chi connectivity index (χ4n) is 3.26. The van der Waals surface area contributed by atoms with E-state index in [4.69, 9.17) is 4.84 Å². The molecule has 3 heterocycles. The maximum atomic E-state index is 12.0. The first-order valence-electron chi connectivity index (χ1n) is 7.84. The third kappa shape index (κ3) is 2.61. The molecule has 1 aromatic rings. The van der Waals surface area contributed by atoms with Gasteiger partial charge in [0.15, 0.2) is 5.82 Å². The van der Waals surface area contributed by atoms with Crippen LogP contribution in [0.15, 0.2) is 6.33 Å². The molecule has 0 spiro atoms. The first-order chi connectivity index (χ1) is 10.6. The van der Waals surface area contributed by atoms with Crippen molar-refractivity contribution < 1.29 is 9.63 Å². The number of carbonyl (C=O) groups is 1. The van der Waals surface area contributed by atoms with Gasteiger partial charge >= 0.3 is 0 Å². The highest BCUT2D eigenvalue weighted by atomic mass is 16.7. The Morgan fingerprint density at radius 3 is 3.14 bits per heavy atom. The largest absolute Gasteiger partial charge is 0.354 e. The molecular formula is C15H23N5O2. The molecule has 0 saturated carbocycles. The van der Waals surface area contributed by atoms with E-state index in [9.17, 15) is 4.79 Å². The van der Waals surface area contributed by atoms with Crippen LogP contribution in [0.1, 0.15) is 32.3 Å². The smallest absolute Gasteiger partial charge is 0.222 e. The quantitative estimate of drug-likeness (QED) is 0.910. The summed E-state index contributed by atoms with van der Waals surface area (Å²) in [6.45, 7) is 6.22. The van der Waals surface area contributed by atoms with E-state index in [0.29, 0.717) is 18.9 Å². The molecule has 2 aliphatic rings. The third-order valence-electron chi connectivity index (χ3n) is 4.71. The van der Waals surface area contributed by atoms with E-state index in [1.54, 1.807) is 6.33 Å². The van der Waals surface area contributed by atoms with Gasteiger partial charge in [0, 0.05) is 26.6 Å². The topological polar surface area (TPSA) is 70.6 Å². The van der Waals surface area contributed by atoms with Crippen LogP contribution in [0.4, 0.5) is 11.6 Å². The van der Waals surface area contributed by atoms with Gasteiger partial charge in [-0.1, -0.05) is 13.8 Å². The fourth-order valence-corrected chi connectivity index (χ4v) is 3.26. The molecular weight excluding hydrogens is 282 g/mol. The number of carbonyl (C=O) groups excluding carboxylic acids is 1. The molecule has 1 fully saturated rings. The van der Waals surface area contributed by atoms with E-state index in [1.165, 1.54) is 0 Å². The SMILES string of the molecule is CCC(=O)N1CC[C@@H](C)[C@@H](N(C)c2ncnc3c2CON3)C1. The number of fused-ring (bicyclic) bond motifs is 1. The summed E-state index contributed by atoms with van der Waals surface area (Å²) in [5.74, 6) is 2.36. The number of nitrogens with one attached hydrogen (secondary N) is 1. The Morgan fingerprint density at radius 2 is 2.36 bits per heavy atom. The molecule has 0 aliphatic carbocycles. The van der Waals surface area contributed by atoms with Crippen molar-refractivity contribution in [3.63, 3.8) is 0 Å². The van der Waals surface area contributed by atoms with Crippen molar-refractivity contribution in [2.75, 3.05) is 30.5 Å². The second-order valence-electron chi connectivity index (χ2n) is 6.05. The van der Waals surface area contributed by atoms with Gasteiger partial charge in [-0.3, -0.25) is 9.63 Å². The van der Waals surface area contributed by atoms with Crippen molar-refractivity contribution in [2.24, 2.45) is 5.92 Å². The highest BCUT2D eigenvalue weighted by Crippen LogP contribution is 2.32. The molecule has 3 rings (SSSR count). The Balaban J connectivity index is 1.83. The second-order valence-corrected chi connectivity index (χ2v) is 6.05. The number of aromatic nitrogens is 2. The van der Waals surface area contributed by atoms with Crippen LogP contribution in [0.3, 0.4) is 0 Å². The second kappa shape index (κ2) is 6.08. The summed E-state index contributed by atoms with van der Waals surface area (Å²) in [5.41, 5.74) is 3.79. The monoisotopic (exact) mass is 305 g/mol. The van der Waals surface area contributed by atoms with Crippen LogP contribution in [0.2, 0.25) is 0 Å². The fraction of sp³-hybridized carbons (Fsp3) is 0.667. The van der Waals surface area contributed by atoms with E-state index >= 15 is 0 Å². The minimum absolute atomic E-state index is 0.225. The lowest BCUT2D eigenvalue weighted by atomic mass is 9.92. The number of likely N-dealkylation sites (N-methyl/N-ethyl adjacent to an activating group) is 1. The Bertz CT molecular complexity index is 565. The molecule has 0 aromatic carbocycles. The van der Waals surface area contributed by atoms with Crippen molar-refractivity contribution in [1.29, 1.82) is 0 Å². The van der Waals surface area contributed by atoms with Crippen LogP contribution in [-0.4, -0.2) is 47.0 Å². The summed E-state index contributed by atoms with van der Waals surface area (Å²) < 4.78 is 0. The average molecular weight is 305 g/mol. The molecule has 0 bridgehead atoms. The molecule has 1 N–H and O–H groups in total. The maximum Gasteiger partial charge on any atom is 0.222 e. The summed E-state index contributed by atoms with van der Waals surface area (Å²) in [6, 6.07) is 0.254. The number of hydrogen-bond donors (Lipinski definition) is 1. The summed E-state index contributed by atoms with van der Waals surface area (Å²) >= 11 is 0.